The molecule has 1 fully saturated rings. The number of hydrogen-bond donors (Lipinski definition) is 1. The van der Waals surface area contributed by atoms with Crippen molar-refractivity contribution in [2.45, 2.75) is 103 Å². The summed E-state index contributed by atoms with van der Waals surface area (Å²) >= 11 is 0. The van der Waals surface area contributed by atoms with Gasteiger partial charge in [-0.1, -0.05) is 90.6 Å². The Morgan fingerprint density at radius 3 is 2.00 bits per heavy atom. The smallest absolute Gasteiger partial charge is 0.334 e. The number of amides is 1. The normalized spacial score (nSPS) is 17.9. The van der Waals surface area contributed by atoms with Crippen LogP contribution in [0.4, 0.5) is 0 Å². The van der Waals surface area contributed by atoms with Gasteiger partial charge in [0.25, 0.3) is 0 Å². The van der Waals surface area contributed by atoms with Crippen molar-refractivity contribution in [3.8, 4) is 0 Å². The topological polar surface area (TPSA) is 55.4 Å². The molecule has 0 aromatic carbocycles. The van der Waals surface area contributed by atoms with E-state index in [0.29, 0.717) is 6.42 Å². The Morgan fingerprint density at radius 1 is 0.893 bits per heavy atom. The number of methoxy groups -OCH3 is 1. The number of hydrogen-bond acceptors (Lipinski definition) is 3. The minimum atomic E-state index is -0.466. The van der Waals surface area contributed by atoms with Gasteiger partial charge in [-0.05, 0) is 24.7 Å². The minimum absolute atomic E-state index is 0.00732. The lowest BCUT2D eigenvalue weighted by Gasteiger charge is -2.06. The standard InChI is InChI=1S/C24H43NO3/c1-4-5-6-7-8-9-10-11-12-15-21-18-22(21)16-13-14-17-23(26)25-19-20(2)24(27)28-3/h21-22H,2,4-19H2,1,3H3,(H,25,26). The summed E-state index contributed by atoms with van der Waals surface area (Å²) in [6, 6.07) is 0. The molecule has 0 spiro atoms. The van der Waals surface area contributed by atoms with Crippen molar-refractivity contribution in [2.24, 2.45) is 11.8 Å². The molecule has 0 aromatic rings. The van der Waals surface area contributed by atoms with Gasteiger partial charge in [-0.15, -0.1) is 0 Å². The first-order valence-corrected chi connectivity index (χ1v) is 11.6. The molecule has 1 amide bonds. The van der Waals surface area contributed by atoms with Crippen molar-refractivity contribution in [1.29, 1.82) is 0 Å². The van der Waals surface area contributed by atoms with Crippen LogP contribution in [0.1, 0.15) is 103 Å². The van der Waals surface area contributed by atoms with Crippen LogP contribution < -0.4 is 5.32 Å². The lowest BCUT2D eigenvalue weighted by atomic mass is 10.0. The molecule has 0 heterocycles. The molecule has 1 rings (SSSR count). The summed E-state index contributed by atoms with van der Waals surface area (Å²) in [6.07, 6.45) is 19.3. The molecular formula is C24H43NO3. The summed E-state index contributed by atoms with van der Waals surface area (Å²) in [5.41, 5.74) is 0.285. The highest BCUT2D eigenvalue weighted by atomic mass is 16.5. The largest absolute Gasteiger partial charge is 0.466 e. The number of unbranched alkanes of at least 4 members (excludes halogenated alkanes) is 9. The number of nitrogens with one attached hydrogen (secondary N) is 1. The monoisotopic (exact) mass is 393 g/mol. The fraction of sp³-hybridized carbons (Fsp3) is 0.833. The fourth-order valence-electron chi connectivity index (χ4n) is 3.94. The third-order valence-corrected chi connectivity index (χ3v) is 5.95. The molecule has 1 N–H and O–H groups in total. The Kier molecular flexibility index (Phi) is 13.8. The lowest BCUT2D eigenvalue weighted by molar-refractivity contribution is -0.136. The van der Waals surface area contributed by atoms with Crippen LogP contribution in [0.25, 0.3) is 0 Å². The van der Waals surface area contributed by atoms with Gasteiger partial charge in [0, 0.05) is 18.5 Å². The first-order valence-electron chi connectivity index (χ1n) is 11.6. The average Bonchev–Trinajstić information content (AvgIpc) is 3.45. The summed E-state index contributed by atoms with van der Waals surface area (Å²) in [5.74, 6) is 1.40. The van der Waals surface area contributed by atoms with Gasteiger partial charge in [0.05, 0.1) is 7.11 Å². The van der Waals surface area contributed by atoms with E-state index >= 15 is 0 Å². The molecule has 4 nitrogen and oxygen atoms in total. The molecule has 1 saturated carbocycles. The molecule has 0 saturated heterocycles. The van der Waals surface area contributed by atoms with Crippen molar-refractivity contribution in [2.75, 3.05) is 13.7 Å². The van der Waals surface area contributed by atoms with Crippen LogP contribution in [0.15, 0.2) is 12.2 Å². The summed E-state index contributed by atoms with van der Waals surface area (Å²) in [7, 11) is 1.32. The van der Waals surface area contributed by atoms with Crippen LogP contribution in [0.3, 0.4) is 0 Å². The van der Waals surface area contributed by atoms with E-state index in [1.807, 2.05) is 0 Å². The Morgan fingerprint density at radius 2 is 1.43 bits per heavy atom. The van der Waals surface area contributed by atoms with Gasteiger partial charge in [-0.3, -0.25) is 4.79 Å². The highest BCUT2D eigenvalue weighted by Gasteiger charge is 2.35. The Balaban J connectivity index is 1.86. The first-order chi connectivity index (χ1) is 13.6. The zero-order chi connectivity index (χ0) is 20.6. The quantitative estimate of drug-likeness (QED) is 0.178. The Hall–Kier alpha value is -1.32. The van der Waals surface area contributed by atoms with Crippen LogP contribution in [0, 0.1) is 11.8 Å². The average molecular weight is 394 g/mol. The molecule has 28 heavy (non-hydrogen) atoms. The van der Waals surface area contributed by atoms with E-state index in [-0.39, 0.29) is 18.0 Å². The van der Waals surface area contributed by atoms with Crippen LogP contribution in [0.5, 0.6) is 0 Å². The third kappa shape index (κ3) is 12.2. The molecular weight excluding hydrogens is 350 g/mol. The van der Waals surface area contributed by atoms with Crippen molar-refractivity contribution in [3.05, 3.63) is 12.2 Å². The molecule has 0 aliphatic heterocycles. The maximum atomic E-state index is 11.8. The van der Waals surface area contributed by atoms with Crippen LogP contribution in [-0.2, 0) is 14.3 Å². The van der Waals surface area contributed by atoms with Gasteiger partial charge in [-0.25, -0.2) is 4.79 Å². The van der Waals surface area contributed by atoms with Gasteiger partial charge in [0.2, 0.25) is 5.91 Å². The summed E-state index contributed by atoms with van der Waals surface area (Å²) in [4.78, 5) is 23.0. The van der Waals surface area contributed by atoms with Gasteiger partial charge in [0.1, 0.15) is 0 Å². The predicted octanol–water partition coefficient (Wildman–Crippen LogP) is 5.95. The van der Waals surface area contributed by atoms with Crippen LogP contribution in [-0.4, -0.2) is 25.5 Å². The van der Waals surface area contributed by atoms with E-state index in [0.717, 1.165) is 24.7 Å². The molecule has 2 unspecified atom stereocenters. The Labute approximate surface area is 172 Å². The third-order valence-electron chi connectivity index (χ3n) is 5.95. The Bertz CT molecular complexity index is 461. The maximum Gasteiger partial charge on any atom is 0.334 e. The summed E-state index contributed by atoms with van der Waals surface area (Å²) in [6.45, 7) is 6.05. The van der Waals surface area contributed by atoms with Gasteiger partial charge in [0.15, 0.2) is 0 Å². The van der Waals surface area contributed by atoms with Crippen LogP contribution >= 0.6 is 0 Å². The second-order valence-electron chi connectivity index (χ2n) is 8.49. The van der Waals surface area contributed by atoms with E-state index in [9.17, 15) is 9.59 Å². The molecule has 0 radical (unpaired) electrons. The highest BCUT2D eigenvalue weighted by Crippen LogP contribution is 2.45. The fourth-order valence-corrected chi connectivity index (χ4v) is 3.94. The SMILES string of the molecule is C=C(CNC(=O)CCCCC1CC1CCCCCCCCCCC)C(=O)OC. The molecule has 0 bridgehead atoms. The number of rotatable bonds is 18. The van der Waals surface area contributed by atoms with E-state index in [4.69, 9.17) is 0 Å². The number of ether oxygens (including phenoxy) is 1. The van der Waals surface area contributed by atoms with Crippen molar-refractivity contribution in [3.63, 3.8) is 0 Å². The van der Waals surface area contributed by atoms with E-state index in [1.165, 1.54) is 84.2 Å². The maximum absolute atomic E-state index is 11.8. The van der Waals surface area contributed by atoms with Gasteiger partial charge < -0.3 is 10.1 Å². The molecule has 162 valence electrons. The van der Waals surface area contributed by atoms with Crippen molar-refractivity contribution < 1.29 is 14.3 Å². The zero-order valence-corrected chi connectivity index (χ0v) is 18.4. The second-order valence-corrected chi connectivity index (χ2v) is 8.49. The molecule has 1 aliphatic rings. The molecule has 0 aromatic heterocycles. The highest BCUT2D eigenvalue weighted by molar-refractivity contribution is 5.89. The number of esters is 1. The molecule has 2 atom stereocenters. The van der Waals surface area contributed by atoms with Gasteiger partial charge in [-0.2, -0.15) is 0 Å². The predicted molar refractivity (Wildman–Crippen MR) is 116 cm³/mol. The molecule has 4 heteroatoms. The lowest BCUT2D eigenvalue weighted by Crippen LogP contribution is -2.27. The summed E-state index contributed by atoms with van der Waals surface area (Å²) < 4.78 is 4.56. The zero-order valence-electron chi connectivity index (χ0n) is 18.4. The second kappa shape index (κ2) is 15.6. The van der Waals surface area contributed by atoms with Crippen LogP contribution in [0.2, 0.25) is 0 Å². The minimum Gasteiger partial charge on any atom is -0.466 e. The van der Waals surface area contributed by atoms with Gasteiger partial charge >= 0.3 is 5.97 Å². The number of carbonyl (C=O) groups is 2. The van der Waals surface area contributed by atoms with E-state index < -0.39 is 5.97 Å². The van der Waals surface area contributed by atoms with Crippen molar-refractivity contribution >= 4 is 11.9 Å². The summed E-state index contributed by atoms with van der Waals surface area (Å²) in [5, 5.41) is 2.73. The van der Waals surface area contributed by atoms with E-state index in [2.05, 4.69) is 23.6 Å². The van der Waals surface area contributed by atoms with E-state index in [1.54, 1.807) is 0 Å². The number of carbonyl (C=O) groups excluding carboxylic acids is 2. The first kappa shape index (κ1) is 24.7. The molecule has 1 aliphatic carbocycles. The van der Waals surface area contributed by atoms with Crippen molar-refractivity contribution in [1.82, 2.24) is 5.32 Å².